The molecule has 1 amide bonds. The number of fused-ring (bicyclic) bond motifs is 1. The minimum absolute atomic E-state index is 0.108. The lowest BCUT2D eigenvalue weighted by atomic mass is 10.1. The van der Waals surface area contributed by atoms with Crippen LogP contribution in [0, 0.1) is 13.8 Å². The molecule has 0 atom stereocenters. The summed E-state index contributed by atoms with van der Waals surface area (Å²) < 4.78 is 1.77. The van der Waals surface area contributed by atoms with Crippen LogP contribution in [0.2, 0.25) is 4.34 Å². The zero-order valence-corrected chi connectivity index (χ0v) is 13.9. The number of benzene rings is 1. The van der Waals surface area contributed by atoms with Gasteiger partial charge in [0.05, 0.1) is 10.8 Å². The monoisotopic (exact) mass is 330 g/mol. The summed E-state index contributed by atoms with van der Waals surface area (Å²) in [7, 11) is 0. The normalized spacial score (nSPS) is 10.9. The molecule has 3 nitrogen and oxygen atoms in total. The maximum absolute atomic E-state index is 12.3. The number of hydrogen-bond acceptors (Lipinski definition) is 3. The predicted molar refractivity (Wildman–Crippen MR) is 92.9 cm³/mol. The topological polar surface area (TPSA) is 42.0 Å². The first-order chi connectivity index (χ1) is 10.5. The molecule has 112 valence electrons. The fourth-order valence-electron chi connectivity index (χ4n) is 2.49. The van der Waals surface area contributed by atoms with Gasteiger partial charge in [-0.25, -0.2) is 4.98 Å². The molecule has 0 unspecified atom stereocenters. The number of halogens is 1. The van der Waals surface area contributed by atoms with E-state index in [0.29, 0.717) is 10.2 Å². The molecule has 3 aromatic rings. The average molecular weight is 331 g/mol. The Morgan fingerprint density at radius 2 is 2.05 bits per heavy atom. The fraction of sp³-hybridized carbons (Fsp3) is 0.176. The van der Waals surface area contributed by atoms with Crippen LogP contribution in [0.5, 0.6) is 0 Å². The molecular formula is C17H15ClN2OS. The second-order valence-corrected chi connectivity index (χ2v) is 6.90. The number of thiophene rings is 1. The van der Waals surface area contributed by atoms with Gasteiger partial charge in [-0.1, -0.05) is 29.8 Å². The molecule has 1 N–H and O–H groups in total. The molecule has 0 saturated carbocycles. The van der Waals surface area contributed by atoms with Crippen molar-refractivity contribution in [3.05, 3.63) is 57.6 Å². The Hall–Kier alpha value is -1.91. The van der Waals surface area contributed by atoms with Crippen LogP contribution < -0.4 is 5.32 Å². The van der Waals surface area contributed by atoms with Crippen LogP contribution in [0.25, 0.3) is 10.1 Å². The van der Waals surface area contributed by atoms with Crippen molar-refractivity contribution in [1.82, 2.24) is 4.98 Å². The number of rotatable bonds is 3. The van der Waals surface area contributed by atoms with Gasteiger partial charge in [-0.15, -0.1) is 11.3 Å². The number of aromatic nitrogens is 1. The summed E-state index contributed by atoms with van der Waals surface area (Å²) in [4.78, 5) is 16.6. The molecule has 0 spiro atoms. The van der Waals surface area contributed by atoms with Gasteiger partial charge >= 0.3 is 0 Å². The molecule has 2 aromatic heterocycles. The van der Waals surface area contributed by atoms with E-state index >= 15 is 0 Å². The quantitative estimate of drug-likeness (QED) is 0.753. The highest BCUT2D eigenvalue weighted by atomic mass is 35.5. The van der Waals surface area contributed by atoms with Crippen LogP contribution in [-0.4, -0.2) is 10.9 Å². The van der Waals surface area contributed by atoms with E-state index in [-0.39, 0.29) is 12.3 Å². The Labute approximate surface area is 138 Å². The minimum atomic E-state index is -0.108. The molecular weight excluding hydrogens is 316 g/mol. The van der Waals surface area contributed by atoms with E-state index < -0.39 is 0 Å². The molecule has 5 heteroatoms. The second-order valence-electron chi connectivity index (χ2n) is 5.25. The molecule has 0 fully saturated rings. The fourth-order valence-corrected chi connectivity index (χ4v) is 3.85. The number of carbonyl (C=O) groups is 1. The van der Waals surface area contributed by atoms with Gasteiger partial charge in [-0.2, -0.15) is 0 Å². The number of amides is 1. The van der Waals surface area contributed by atoms with Crippen LogP contribution in [0.3, 0.4) is 0 Å². The lowest BCUT2D eigenvalue weighted by Crippen LogP contribution is -2.15. The van der Waals surface area contributed by atoms with Gasteiger partial charge in [0.1, 0.15) is 5.82 Å². The highest BCUT2D eigenvalue weighted by Crippen LogP contribution is 2.35. The summed E-state index contributed by atoms with van der Waals surface area (Å²) in [6, 6.07) is 11.8. The zero-order chi connectivity index (χ0) is 15.7. The third kappa shape index (κ3) is 3.13. The summed E-state index contributed by atoms with van der Waals surface area (Å²) in [6.07, 6.45) is 0.248. The maximum Gasteiger partial charge on any atom is 0.230 e. The van der Waals surface area contributed by atoms with E-state index in [1.54, 1.807) is 0 Å². The van der Waals surface area contributed by atoms with Gasteiger partial charge in [0.2, 0.25) is 5.91 Å². The Morgan fingerprint density at radius 3 is 2.82 bits per heavy atom. The molecule has 0 bridgehead atoms. The van der Waals surface area contributed by atoms with Crippen molar-refractivity contribution in [3.63, 3.8) is 0 Å². The van der Waals surface area contributed by atoms with E-state index in [4.69, 9.17) is 11.6 Å². The zero-order valence-electron chi connectivity index (χ0n) is 12.3. The summed E-state index contributed by atoms with van der Waals surface area (Å²) in [5.74, 6) is 0.473. The van der Waals surface area contributed by atoms with E-state index in [9.17, 15) is 4.79 Å². The molecule has 0 aliphatic carbocycles. The number of anilines is 1. The van der Waals surface area contributed by atoms with Crippen LogP contribution >= 0.6 is 22.9 Å². The molecule has 2 heterocycles. The maximum atomic E-state index is 12.3. The van der Waals surface area contributed by atoms with Crippen molar-refractivity contribution in [2.45, 2.75) is 20.3 Å². The third-order valence-electron chi connectivity index (χ3n) is 3.35. The minimum Gasteiger partial charge on any atom is -0.310 e. The molecule has 0 radical (unpaired) electrons. The first kappa shape index (κ1) is 15.0. The lowest BCUT2D eigenvalue weighted by Gasteiger charge is -2.06. The van der Waals surface area contributed by atoms with Crippen molar-refractivity contribution in [2.75, 3.05) is 5.32 Å². The number of nitrogens with zero attached hydrogens (tertiary/aromatic N) is 1. The number of nitrogens with one attached hydrogen (secondary N) is 1. The van der Waals surface area contributed by atoms with Crippen LogP contribution in [0.4, 0.5) is 5.82 Å². The number of aryl methyl sites for hydroxylation is 2. The first-order valence-corrected chi connectivity index (χ1v) is 8.13. The molecule has 0 saturated heterocycles. The van der Waals surface area contributed by atoms with E-state index in [0.717, 1.165) is 26.9 Å². The van der Waals surface area contributed by atoms with Crippen LogP contribution in [0.1, 0.15) is 16.8 Å². The standard InChI is InChI=1S/C17H15ClN2OS/c1-10-7-11(2)19-15(8-10)20-16(21)9-13-12-5-3-4-6-14(12)22-17(13)18/h3-8H,9H2,1-2H3,(H,19,20,21). The Morgan fingerprint density at radius 1 is 1.27 bits per heavy atom. The van der Waals surface area contributed by atoms with Crippen LogP contribution in [-0.2, 0) is 11.2 Å². The van der Waals surface area contributed by atoms with Gasteiger partial charge in [-0.3, -0.25) is 4.79 Å². The average Bonchev–Trinajstić information content (AvgIpc) is 2.74. The van der Waals surface area contributed by atoms with Gasteiger partial charge in [0.15, 0.2) is 0 Å². The molecule has 3 rings (SSSR count). The van der Waals surface area contributed by atoms with Gasteiger partial charge < -0.3 is 5.32 Å². The Kier molecular flexibility index (Phi) is 4.14. The van der Waals surface area contributed by atoms with E-state index in [2.05, 4.69) is 10.3 Å². The van der Waals surface area contributed by atoms with Crippen molar-refractivity contribution >= 4 is 44.7 Å². The molecule has 22 heavy (non-hydrogen) atoms. The SMILES string of the molecule is Cc1cc(C)nc(NC(=O)Cc2c(Cl)sc3ccccc23)c1. The highest BCUT2D eigenvalue weighted by Gasteiger charge is 2.14. The number of carbonyl (C=O) groups excluding carboxylic acids is 1. The molecule has 1 aromatic carbocycles. The summed E-state index contributed by atoms with van der Waals surface area (Å²) in [5, 5.41) is 3.89. The van der Waals surface area contributed by atoms with Gasteiger partial charge in [0, 0.05) is 10.4 Å². The Balaban J connectivity index is 1.82. The van der Waals surface area contributed by atoms with Crippen molar-refractivity contribution in [2.24, 2.45) is 0 Å². The van der Waals surface area contributed by atoms with Crippen molar-refractivity contribution < 1.29 is 4.79 Å². The molecule has 0 aliphatic rings. The van der Waals surface area contributed by atoms with Crippen molar-refractivity contribution in [3.8, 4) is 0 Å². The summed E-state index contributed by atoms with van der Waals surface area (Å²) in [5.41, 5.74) is 2.83. The second kappa shape index (κ2) is 6.07. The largest absolute Gasteiger partial charge is 0.310 e. The predicted octanol–water partition coefficient (Wildman–Crippen LogP) is 4.75. The third-order valence-corrected chi connectivity index (χ3v) is 4.81. The number of pyridine rings is 1. The number of hydrogen-bond donors (Lipinski definition) is 1. The highest BCUT2D eigenvalue weighted by molar-refractivity contribution is 7.22. The van der Waals surface area contributed by atoms with Crippen LogP contribution in [0.15, 0.2) is 36.4 Å². The summed E-state index contributed by atoms with van der Waals surface area (Å²) >= 11 is 7.79. The van der Waals surface area contributed by atoms with Crippen molar-refractivity contribution in [1.29, 1.82) is 0 Å². The van der Waals surface area contributed by atoms with E-state index in [1.807, 2.05) is 50.2 Å². The Bertz CT molecular complexity index is 837. The van der Waals surface area contributed by atoms with Gasteiger partial charge in [-0.05, 0) is 48.6 Å². The smallest absolute Gasteiger partial charge is 0.230 e. The van der Waals surface area contributed by atoms with E-state index in [1.165, 1.54) is 11.3 Å². The van der Waals surface area contributed by atoms with Gasteiger partial charge in [0.25, 0.3) is 0 Å². The lowest BCUT2D eigenvalue weighted by molar-refractivity contribution is -0.115. The first-order valence-electron chi connectivity index (χ1n) is 6.94. The summed E-state index contributed by atoms with van der Waals surface area (Å²) in [6.45, 7) is 3.89. The molecule has 0 aliphatic heterocycles.